The Bertz CT molecular complexity index is 1050. The molecular formula is C31H42F3O+. The lowest BCUT2D eigenvalue weighted by Gasteiger charge is -2.59. The van der Waals surface area contributed by atoms with E-state index in [0.29, 0.717) is 17.8 Å². The first-order chi connectivity index (χ1) is 16.3. The molecular weight excluding hydrogens is 445 g/mol. The van der Waals surface area contributed by atoms with E-state index < -0.39 is 11.7 Å². The van der Waals surface area contributed by atoms with Gasteiger partial charge in [0.15, 0.2) is 0 Å². The van der Waals surface area contributed by atoms with Gasteiger partial charge in [-0.25, -0.2) is 0 Å². The van der Waals surface area contributed by atoms with E-state index in [0.717, 1.165) is 56.9 Å². The summed E-state index contributed by atoms with van der Waals surface area (Å²) in [6.45, 7) is 11.8. The largest absolute Gasteiger partial charge is 1.00 e. The van der Waals surface area contributed by atoms with Crippen LogP contribution in [0.4, 0.5) is 13.2 Å². The van der Waals surface area contributed by atoms with Gasteiger partial charge < -0.3 is 5.11 Å². The van der Waals surface area contributed by atoms with Crippen molar-refractivity contribution in [2.45, 2.75) is 98.3 Å². The Morgan fingerprint density at radius 3 is 2.34 bits per heavy atom. The van der Waals surface area contributed by atoms with Gasteiger partial charge in [0.25, 0.3) is 0 Å². The molecule has 0 radical (unpaired) electrons. The lowest BCUT2D eigenvalue weighted by molar-refractivity contribution is -0.137. The van der Waals surface area contributed by atoms with Crippen LogP contribution in [-0.4, -0.2) is 11.2 Å². The van der Waals surface area contributed by atoms with Crippen LogP contribution in [0.25, 0.3) is 0 Å². The first-order valence-corrected chi connectivity index (χ1v) is 13.6. The summed E-state index contributed by atoms with van der Waals surface area (Å²) in [6, 6.07) is 5.77. The minimum Gasteiger partial charge on any atom is -0.393 e. The molecule has 192 valence electrons. The summed E-state index contributed by atoms with van der Waals surface area (Å²) in [4.78, 5) is 0. The van der Waals surface area contributed by atoms with E-state index in [4.69, 9.17) is 0 Å². The highest BCUT2D eigenvalue weighted by molar-refractivity contribution is 5.50. The Balaban J connectivity index is 0.00000304. The zero-order valence-electron chi connectivity index (χ0n) is 22.9. The molecule has 0 spiro atoms. The average molecular weight is 488 g/mol. The van der Waals surface area contributed by atoms with E-state index in [-0.39, 0.29) is 23.8 Å². The zero-order chi connectivity index (χ0) is 25.4. The molecule has 0 aromatic heterocycles. The third-order valence-electron chi connectivity index (χ3n) is 11.0. The fourth-order valence-corrected chi connectivity index (χ4v) is 8.92. The van der Waals surface area contributed by atoms with Crippen LogP contribution in [0.1, 0.15) is 92.1 Å². The van der Waals surface area contributed by atoms with Crippen molar-refractivity contribution in [1.82, 2.24) is 0 Å². The van der Waals surface area contributed by atoms with Gasteiger partial charge in [-0.2, -0.15) is 13.2 Å². The van der Waals surface area contributed by atoms with Crippen molar-refractivity contribution in [1.29, 1.82) is 0 Å². The standard InChI is InChI=1S/C31H41F3O/c1-19(18-20-6-8-21(9-7-20)31(32,33)34)23-11-12-24-22-10-13-26-28(2,3)27(35)15-17-30(26,5)25(22)14-16-29(23,24)4/h6-9,12,19,23,26-27,35H,10-11,13-18H2,1-5H3/p+1/t19-,23-,26+,27+,29-,30-/m1/s1. The summed E-state index contributed by atoms with van der Waals surface area (Å²) >= 11 is 0. The maximum atomic E-state index is 13.0. The molecule has 1 nitrogen and oxygen atoms in total. The van der Waals surface area contributed by atoms with Crippen LogP contribution >= 0.6 is 0 Å². The molecule has 1 aromatic carbocycles. The molecule has 1 N–H and O–H groups in total. The molecule has 0 amide bonds. The number of alkyl halides is 3. The highest BCUT2D eigenvalue weighted by Gasteiger charge is 2.57. The maximum absolute atomic E-state index is 13.0. The normalized spacial score (nSPS) is 37.3. The number of benzene rings is 1. The molecule has 1 fully saturated rings. The highest BCUT2D eigenvalue weighted by atomic mass is 19.4. The Morgan fingerprint density at radius 2 is 1.69 bits per heavy atom. The quantitative estimate of drug-likeness (QED) is 0.452. The first-order valence-electron chi connectivity index (χ1n) is 13.6. The van der Waals surface area contributed by atoms with Gasteiger partial charge in [0.05, 0.1) is 11.7 Å². The average Bonchev–Trinajstić information content (AvgIpc) is 3.14. The molecule has 4 aliphatic rings. The van der Waals surface area contributed by atoms with Gasteiger partial charge in [0, 0.05) is 0 Å². The lowest BCUT2D eigenvalue weighted by Crippen LogP contribution is -2.53. The second-order valence-electron chi connectivity index (χ2n) is 13.1. The van der Waals surface area contributed by atoms with Crippen molar-refractivity contribution in [3.63, 3.8) is 0 Å². The summed E-state index contributed by atoms with van der Waals surface area (Å²) in [5.74, 6) is 1.45. The second kappa shape index (κ2) is 8.23. The SMILES string of the molecule is C[C@H](Cc1ccc(C(F)(F)F)cc1)[C@H]1CC=C2C3=C(CC[C@@]21C)[C@@]1(C)CC[C@H](O)C(C)(C)[C@@H]1CC3.[H+]. The van der Waals surface area contributed by atoms with Gasteiger partial charge in [0.2, 0.25) is 0 Å². The summed E-state index contributed by atoms with van der Waals surface area (Å²) in [6.07, 6.45) is 6.44. The van der Waals surface area contributed by atoms with Crippen molar-refractivity contribution in [3.8, 4) is 0 Å². The molecule has 1 aromatic rings. The molecule has 1 saturated carbocycles. The molecule has 4 aliphatic carbocycles. The molecule has 6 atom stereocenters. The topological polar surface area (TPSA) is 20.2 Å². The van der Waals surface area contributed by atoms with Crippen LogP contribution in [0.2, 0.25) is 0 Å². The van der Waals surface area contributed by atoms with Crippen LogP contribution in [0.15, 0.2) is 47.1 Å². The van der Waals surface area contributed by atoms with Crippen LogP contribution in [0.3, 0.4) is 0 Å². The molecule has 0 aliphatic heterocycles. The fraction of sp³-hybridized carbons (Fsp3) is 0.677. The zero-order valence-corrected chi connectivity index (χ0v) is 21.9. The van der Waals surface area contributed by atoms with Crippen LogP contribution in [0, 0.1) is 34.0 Å². The predicted octanol–water partition coefficient (Wildman–Crippen LogP) is 8.64. The van der Waals surface area contributed by atoms with E-state index >= 15 is 0 Å². The van der Waals surface area contributed by atoms with Crippen LogP contribution < -0.4 is 0 Å². The minimum absolute atomic E-state index is 0. The Morgan fingerprint density at radius 1 is 1.00 bits per heavy atom. The second-order valence-corrected chi connectivity index (χ2v) is 13.1. The maximum Gasteiger partial charge on any atom is 1.00 e. The number of halogens is 3. The molecule has 35 heavy (non-hydrogen) atoms. The minimum atomic E-state index is -4.28. The van der Waals surface area contributed by atoms with Crippen molar-refractivity contribution in [2.24, 2.45) is 34.0 Å². The van der Waals surface area contributed by atoms with Gasteiger partial charge in [-0.15, -0.1) is 0 Å². The van der Waals surface area contributed by atoms with E-state index in [1.165, 1.54) is 12.1 Å². The molecule has 0 unspecified atom stereocenters. The Hall–Kier alpha value is -1.55. The molecule has 5 rings (SSSR count). The first kappa shape index (κ1) is 25.1. The lowest BCUT2D eigenvalue weighted by atomic mass is 9.46. The number of allylic oxidation sites excluding steroid dienone is 4. The summed E-state index contributed by atoms with van der Waals surface area (Å²) in [7, 11) is 0. The van der Waals surface area contributed by atoms with E-state index in [9.17, 15) is 18.3 Å². The van der Waals surface area contributed by atoms with E-state index in [1.54, 1.807) is 28.9 Å². The summed E-state index contributed by atoms with van der Waals surface area (Å²) in [5, 5.41) is 10.8. The Kier molecular flexibility index (Phi) is 5.91. The number of aliphatic hydroxyl groups excluding tert-OH is 1. The van der Waals surface area contributed by atoms with Gasteiger partial charge in [-0.05, 0) is 114 Å². The van der Waals surface area contributed by atoms with Crippen LogP contribution in [-0.2, 0) is 12.6 Å². The fourth-order valence-electron chi connectivity index (χ4n) is 8.92. The third-order valence-corrected chi connectivity index (χ3v) is 11.0. The number of hydrogen-bond acceptors (Lipinski definition) is 1. The van der Waals surface area contributed by atoms with Gasteiger partial charge in [0.1, 0.15) is 0 Å². The molecule has 4 heteroatoms. The van der Waals surface area contributed by atoms with Crippen molar-refractivity contribution in [2.75, 3.05) is 0 Å². The summed E-state index contributed by atoms with van der Waals surface area (Å²) < 4.78 is 38.9. The van der Waals surface area contributed by atoms with Crippen molar-refractivity contribution >= 4 is 0 Å². The predicted molar refractivity (Wildman–Crippen MR) is 136 cm³/mol. The highest BCUT2D eigenvalue weighted by Crippen LogP contribution is 2.66. The summed E-state index contributed by atoms with van der Waals surface area (Å²) in [5.41, 5.74) is 5.58. The number of hydrogen-bond donors (Lipinski definition) is 1. The Labute approximate surface area is 210 Å². The van der Waals surface area contributed by atoms with Crippen LogP contribution in [0.5, 0.6) is 0 Å². The molecule has 0 bridgehead atoms. The number of aliphatic hydroxyl groups is 1. The third kappa shape index (κ3) is 3.85. The number of rotatable bonds is 3. The molecule has 0 saturated heterocycles. The van der Waals surface area contributed by atoms with Gasteiger partial charge in [-0.1, -0.05) is 58.4 Å². The van der Waals surface area contributed by atoms with E-state index in [1.807, 2.05) is 0 Å². The van der Waals surface area contributed by atoms with Gasteiger partial charge >= 0.3 is 7.60 Å². The monoisotopic (exact) mass is 487 g/mol. The van der Waals surface area contributed by atoms with Gasteiger partial charge in [-0.3, -0.25) is 0 Å². The van der Waals surface area contributed by atoms with Crippen molar-refractivity contribution in [3.05, 3.63) is 58.2 Å². The number of fused-ring (bicyclic) bond motifs is 4. The smallest absolute Gasteiger partial charge is 0.393 e. The van der Waals surface area contributed by atoms with E-state index in [2.05, 4.69) is 40.7 Å². The van der Waals surface area contributed by atoms with Crippen molar-refractivity contribution < 1.29 is 19.7 Å². The molecule has 0 heterocycles.